The van der Waals surface area contributed by atoms with Crippen LogP contribution in [0.2, 0.25) is 5.02 Å². The van der Waals surface area contributed by atoms with Crippen LogP contribution < -0.4 is 10.1 Å². The van der Waals surface area contributed by atoms with Crippen molar-refractivity contribution in [3.05, 3.63) is 58.6 Å². The molecule has 2 aromatic carbocycles. The molecule has 0 bridgehead atoms. The molecule has 0 spiro atoms. The van der Waals surface area contributed by atoms with Gasteiger partial charge in [0.1, 0.15) is 5.75 Å². The first kappa shape index (κ1) is 17.8. The molecule has 0 unspecified atom stereocenters. The van der Waals surface area contributed by atoms with Crippen molar-refractivity contribution in [1.82, 2.24) is 0 Å². The highest BCUT2D eigenvalue weighted by Crippen LogP contribution is 2.41. The number of hydrogen-bond donors (Lipinski definition) is 1. The Morgan fingerprint density at radius 1 is 1.12 bits per heavy atom. The van der Waals surface area contributed by atoms with E-state index in [0.717, 1.165) is 31.2 Å². The van der Waals surface area contributed by atoms with Gasteiger partial charge in [-0.1, -0.05) is 60.7 Å². The molecule has 1 saturated carbocycles. The van der Waals surface area contributed by atoms with Crippen LogP contribution in [0.1, 0.15) is 43.2 Å². The van der Waals surface area contributed by atoms with Gasteiger partial charge in [-0.2, -0.15) is 0 Å². The van der Waals surface area contributed by atoms with E-state index >= 15 is 0 Å². The number of ether oxygens (including phenoxy) is 1. The van der Waals surface area contributed by atoms with Gasteiger partial charge in [-0.15, -0.1) is 0 Å². The Balaban J connectivity index is 1.91. The molecule has 1 aliphatic carbocycles. The zero-order chi connectivity index (χ0) is 17.9. The molecular weight excluding hydrogens is 334 g/mol. The summed E-state index contributed by atoms with van der Waals surface area (Å²) in [7, 11) is 1.58. The molecule has 132 valence electrons. The van der Waals surface area contributed by atoms with Crippen LogP contribution in [0.15, 0.2) is 42.5 Å². The van der Waals surface area contributed by atoms with Crippen molar-refractivity contribution >= 4 is 23.2 Å². The van der Waals surface area contributed by atoms with Gasteiger partial charge >= 0.3 is 0 Å². The minimum absolute atomic E-state index is 0.0547. The molecule has 1 fully saturated rings. The van der Waals surface area contributed by atoms with Crippen molar-refractivity contribution in [2.24, 2.45) is 0 Å². The van der Waals surface area contributed by atoms with E-state index in [9.17, 15) is 4.79 Å². The lowest BCUT2D eigenvalue weighted by molar-refractivity contribution is -0.122. The summed E-state index contributed by atoms with van der Waals surface area (Å²) in [6.07, 6.45) is 5.10. The lowest BCUT2D eigenvalue weighted by atomic mass is 9.68. The number of aryl methyl sites for hydroxylation is 1. The Bertz CT molecular complexity index is 766. The van der Waals surface area contributed by atoms with Crippen LogP contribution in [0.3, 0.4) is 0 Å². The Labute approximate surface area is 154 Å². The molecule has 3 rings (SSSR count). The van der Waals surface area contributed by atoms with Crippen molar-refractivity contribution < 1.29 is 9.53 Å². The SMILES string of the molecule is COc1ccc(NC(=O)C2(c3cccc(C)c3)CCCCC2)cc1Cl. The number of hydrogen-bond acceptors (Lipinski definition) is 2. The number of benzene rings is 2. The van der Waals surface area contributed by atoms with Crippen molar-refractivity contribution in [2.75, 3.05) is 12.4 Å². The van der Waals surface area contributed by atoms with E-state index in [0.29, 0.717) is 16.5 Å². The van der Waals surface area contributed by atoms with E-state index in [1.165, 1.54) is 12.0 Å². The molecule has 25 heavy (non-hydrogen) atoms. The standard InChI is InChI=1S/C21H24ClNO2/c1-15-7-6-8-16(13-15)21(11-4-3-5-12-21)20(24)23-17-9-10-19(25-2)18(22)14-17/h6-10,13-14H,3-5,11-12H2,1-2H3,(H,23,24). The van der Waals surface area contributed by atoms with Crippen LogP contribution in [0.4, 0.5) is 5.69 Å². The number of rotatable bonds is 4. The minimum atomic E-state index is -0.462. The Kier molecular flexibility index (Phi) is 5.33. The van der Waals surface area contributed by atoms with Crippen molar-refractivity contribution in [3.63, 3.8) is 0 Å². The molecule has 2 aromatic rings. The Hall–Kier alpha value is -2.00. The molecular formula is C21H24ClNO2. The highest BCUT2D eigenvalue weighted by Gasteiger charge is 2.41. The average Bonchev–Trinajstić information content (AvgIpc) is 2.62. The molecule has 0 atom stereocenters. The topological polar surface area (TPSA) is 38.3 Å². The van der Waals surface area contributed by atoms with E-state index in [1.807, 2.05) is 12.1 Å². The second-order valence-corrected chi connectivity index (χ2v) is 7.22. The van der Waals surface area contributed by atoms with Crippen LogP contribution in [0.5, 0.6) is 5.75 Å². The van der Waals surface area contributed by atoms with E-state index in [1.54, 1.807) is 19.2 Å². The Morgan fingerprint density at radius 2 is 1.88 bits per heavy atom. The van der Waals surface area contributed by atoms with Gasteiger partial charge in [0, 0.05) is 5.69 Å². The highest BCUT2D eigenvalue weighted by molar-refractivity contribution is 6.32. The zero-order valence-corrected chi connectivity index (χ0v) is 15.5. The Morgan fingerprint density at radius 3 is 2.52 bits per heavy atom. The van der Waals surface area contributed by atoms with Gasteiger partial charge in [0.15, 0.2) is 0 Å². The van der Waals surface area contributed by atoms with Crippen molar-refractivity contribution in [1.29, 1.82) is 0 Å². The number of halogens is 1. The third-order valence-electron chi connectivity index (χ3n) is 5.12. The molecule has 0 aromatic heterocycles. The van der Waals surface area contributed by atoms with Crippen molar-refractivity contribution in [3.8, 4) is 5.75 Å². The summed E-state index contributed by atoms with van der Waals surface area (Å²) in [6.45, 7) is 2.07. The van der Waals surface area contributed by atoms with Crippen LogP contribution in [-0.4, -0.2) is 13.0 Å². The number of carbonyl (C=O) groups is 1. The van der Waals surface area contributed by atoms with E-state index in [4.69, 9.17) is 16.3 Å². The number of amides is 1. The smallest absolute Gasteiger partial charge is 0.235 e. The maximum Gasteiger partial charge on any atom is 0.235 e. The number of anilines is 1. The summed E-state index contributed by atoms with van der Waals surface area (Å²) < 4.78 is 5.18. The van der Waals surface area contributed by atoms with Gasteiger partial charge < -0.3 is 10.1 Å². The first-order valence-corrected chi connectivity index (χ1v) is 9.15. The monoisotopic (exact) mass is 357 g/mol. The molecule has 0 aliphatic heterocycles. The normalized spacial score (nSPS) is 16.3. The second kappa shape index (κ2) is 7.49. The zero-order valence-electron chi connectivity index (χ0n) is 14.8. The quantitative estimate of drug-likeness (QED) is 0.784. The highest BCUT2D eigenvalue weighted by atomic mass is 35.5. The molecule has 3 nitrogen and oxygen atoms in total. The third-order valence-corrected chi connectivity index (χ3v) is 5.42. The fraction of sp³-hybridized carbons (Fsp3) is 0.381. The van der Waals surface area contributed by atoms with Crippen LogP contribution in [-0.2, 0) is 10.2 Å². The van der Waals surface area contributed by atoms with Gasteiger partial charge in [-0.3, -0.25) is 4.79 Å². The van der Waals surface area contributed by atoms with Gasteiger partial charge in [0.2, 0.25) is 5.91 Å². The molecule has 1 aliphatic rings. The van der Waals surface area contributed by atoms with Gasteiger partial charge in [0.25, 0.3) is 0 Å². The van der Waals surface area contributed by atoms with E-state index < -0.39 is 5.41 Å². The van der Waals surface area contributed by atoms with Crippen LogP contribution >= 0.6 is 11.6 Å². The lowest BCUT2D eigenvalue weighted by Crippen LogP contribution is -2.42. The molecule has 0 heterocycles. The summed E-state index contributed by atoms with van der Waals surface area (Å²) in [5.74, 6) is 0.657. The minimum Gasteiger partial charge on any atom is -0.495 e. The summed E-state index contributed by atoms with van der Waals surface area (Å²) in [4.78, 5) is 13.3. The van der Waals surface area contributed by atoms with Gasteiger partial charge in [0.05, 0.1) is 17.5 Å². The average molecular weight is 358 g/mol. The van der Waals surface area contributed by atoms with Gasteiger partial charge in [-0.05, 0) is 43.5 Å². The third kappa shape index (κ3) is 3.67. The first-order chi connectivity index (χ1) is 12.0. The summed E-state index contributed by atoms with van der Waals surface area (Å²) in [6, 6.07) is 13.7. The van der Waals surface area contributed by atoms with E-state index in [2.05, 4.69) is 30.4 Å². The summed E-state index contributed by atoms with van der Waals surface area (Å²) in [5.41, 5.74) is 2.54. The maximum atomic E-state index is 13.3. The largest absolute Gasteiger partial charge is 0.495 e. The van der Waals surface area contributed by atoms with E-state index in [-0.39, 0.29) is 5.91 Å². The molecule has 1 N–H and O–H groups in total. The van der Waals surface area contributed by atoms with Crippen molar-refractivity contribution in [2.45, 2.75) is 44.4 Å². The molecule has 0 radical (unpaired) electrons. The van der Waals surface area contributed by atoms with Crippen LogP contribution in [0, 0.1) is 6.92 Å². The second-order valence-electron chi connectivity index (χ2n) is 6.82. The number of carbonyl (C=O) groups excluding carboxylic acids is 1. The summed E-state index contributed by atoms with van der Waals surface area (Å²) in [5, 5.41) is 3.58. The van der Waals surface area contributed by atoms with Crippen LogP contribution in [0.25, 0.3) is 0 Å². The lowest BCUT2D eigenvalue weighted by Gasteiger charge is -2.36. The summed E-state index contributed by atoms with van der Waals surface area (Å²) >= 11 is 6.19. The fourth-order valence-corrected chi connectivity index (χ4v) is 4.00. The fourth-order valence-electron chi connectivity index (χ4n) is 3.74. The number of methoxy groups -OCH3 is 1. The molecule has 1 amide bonds. The molecule has 0 saturated heterocycles. The maximum absolute atomic E-state index is 13.3. The number of nitrogens with one attached hydrogen (secondary N) is 1. The molecule has 4 heteroatoms. The first-order valence-electron chi connectivity index (χ1n) is 8.77. The predicted octanol–water partition coefficient (Wildman–Crippen LogP) is 5.50. The van der Waals surface area contributed by atoms with Gasteiger partial charge in [-0.25, -0.2) is 0 Å². The predicted molar refractivity (Wildman–Crippen MR) is 103 cm³/mol.